The molecule has 4 saturated carbocycles. The third kappa shape index (κ3) is 7.49. The minimum absolute atomic E-state index is 0.00580. The van der Waals surface area contributed by atoms with Crippen molar-refractivity contribution in [3.8, 4) is 16.9 Å². The summed E-state index contributed by atoms with van der Waals surface area (Å²) in [5.74, 6) is 4.04. The predicted octanol–water partition coefficient (Wildman–Crippen LogP) is 9.21. The van der Waals surface area contributed by atoms with Gasteiger partial charge in [0.2, 0.25) is 0 Å². The fourth-order valence-corrected chi connectivity index (χ4v) is 10.9. The number of aliphatic hydroxyl groups excluding tert-OH is 1. The number of benzene rings is 4. The first-order chi connectivity index (χ1) is 25.4. The van der Waals surface area contributed by atoms with Crippen molar-refractivity contribution in [2.45, 2.75) is 87.5 Å². The number of aliphatic hydroxyl groups is 1. The Kier molecular flexibility index (Phi) is 10.3. The number of thioether (sulfide) groups is 1. The number of ether oxygens (including phenoxy) is 3. The van der Waals surface area contributed by atoms with Crippen LogP contribution in [0.4, 0.5) is 4.79 Å². The van der Waals surface area contributed by atoms with Crippen LogP contribution < -0.4 is 15.4 Å². The van der Waals surface area contributed by atoms with E-state index in [0.717, 1.165) is 86.8 Å². The quantitative estimate of drug-likeness (QED) is 0.134. The maximum absolute atomic E-state index is 13.3. The van der Waals surface area contributed by atoms with E-state index in [1.807, 2.05) is 42.5 Å². The van der Waals surface area contributed by atoms with Gasteiger partial charge in [-0.3, -0.25) is 0 Å². The maximum Gasteiger partial charge on any atom is 0.315 e. The lowest BCUT2D eigenvalue weighted by molar-refractivity contribution is -0.268. The molecule has 5 aliphatic rings. The van der Waals surface area contributed by atoms with E-state index in [4.69, 9.17) is 14.2 Å². The summed E-state index contributed by atoms with van der Waals surface area (Å²) in [6.07, 6.45) is 6.66. The van der Waals surface area contributed by atoms with Crippen molar-refractivity contribution in [1.82, 2.24) is 10.6 Å². The Balaban J connectivity index is 0.969. The lowest BCUT2D eigenvalue weighted by Gasteiger charge is -2.56. The average Bonchev–Trinajstić information content (AvgIpc) is 3.16. The van der Waals surface area contributed by atoms with E-state index in [-0.39, 0.29) is 36.3 Å². The molecular formula is C44H50N2O5S. The Labute approximate surface area is 311 Å². The highest BCUT2D eigenvalue weighted by Gasteiger charge is 2.51. The van der Waals surface area contributed by atoms with Crippen molar-refractivity contribution < 1.29 is 24.1 Å². The molecule has 7 nitrogen and oxygen atoms in total. The summed E-state index contributed by atoms with van der Waals surface area (Å²) < 4.78 is 19.1. The van der Waals surface area contributed by atoms with Gasteiger partial charge in [-0.05, 0) is 96.2 Å². The number of hydrogen-bond donors (Lipinski definition) is 3. The fourth-order valence-electron chi connectivity index (χ4n) is 9.72. The molecular weight excluding hydrogens is 669 g/mol. The number of carbonyl (C=O) groups excluding carboxylic acids is 1. The zero-order chi connectivity index (χ0) is 35.7. The van der Waals surface area contributed by atoms with E-state index in [1.54, 1.807) is 18.9 Å². The standard InChI is InChI=1S/C44H50N2O5S/c1-28-39(27-52-40-10-6-5-9-38(40)49-2)50-42(51-41(28)34-13-11-29(26-47)12-14-34)35-17-15-33(16-18-35)37-8-4-3-7-36(37)25-45-43(48)46-44-22-30-19-31(23-44)21-32(20-30)24-44/h3-18,28,30-32,39,41-42,47H,19-27H2,1-2H3,(H2,45,46,48). The van der Waals surface area contributed by atoms with Crippen LogP contribution in [0.1, 0.15) is 80.1 Å². The van der Waals surface area contributed by atoms with Crippen LogP contribution in [0, 0.1) is 23.7 Å². The lowest BCUT2D eigenvalue weighted by atomic mass is 9.53. The van der Waals surface area contributed by atoms with Crippen LogP contribution >= 0.6 is 11.8 Å². The van der Waals surface area contributed by atoms with Crippen LogP contribution in [0.2, 0.25) is 0 Å². The Morgan fingerprint density at radius 3 is 2.19 bits per heavy atom. The summed E-state index contributed by atoms with van der Waals surface area (Å²) in [4.78, 5) is 14.3. The van der Waals surface area contributed by atoms with E-state index < -0.39 is 6.29 Å². The Bertz CT molecular complexity index is 1810. The van der Waals surface area contributed by atoms with Gasteiger partial charge < -0.3 is 30.0 Å². The molecule has 9 rings (SSSR count). The SMILES string of the molecule is COc1ccccc1SCC1OC(c2ccc(-c3ccccc3CNC(=O)NC34CC5CC(CC(C5)C3)C4)cc2)OC(c2ccc(CO)cc2)C1C. The number of amides is 2. The number of carbonyl (C=O) groups is 1. The van der Waals surface area contributed by atoms with E-state index in [9.17, 15) is 9.90 Å². The summed E-state index contributed by atoms with van der Waals surface area (Å²) in [5.41, 5.74) is 6.12. The molecule has 272 valence electrons. The summed E-state index contributed by atoms with van der Waals surface area (Å²) in [6, 6.07) is 32.8. The molecule has 52 heavy (non-hydrogen) atoms. The van der Waals surface area contributed by atoms with E-state index in [2.05, 4.69) is 72.2 Å². The Hall–Kier alpha value is -3.82. The van der Waals surface area contributed by atoms with Crippen molar-refractivity contribution in [2.24, 2.45) is 23.7 Å². The van der Waals surface area contributed by atoms with Gasteiger partial charge in [0.1, 0.15) is 5.75 Å². The minimum atomic E-state index is -0.554. The van der Waals surface area contributed by atoms with Crippen molar-refractivity contribution in [3.63, 3.8) is 0 Å². The Morgan fingerprint density at radius 1 is 0.846 bits per heavy atom. The summed E-state index contributed by atoms with van der Waals surface area (Å²) in [7, 11) is 1.70. The van der Waals surface area contributed by atoms with Crippen LogP contribution in [-0.4, -0.2) is 35.6 Å². The average molecular weight is 719 g/mol. The van der Waals surface area contributed by atoms with Crippen molar-refractivity contribution in [3.05, 3.63) is 119 Å². The topological polar surface area (TPSA) is 89.1 Å². The van der Waals surface area contributed by atoms with Gasteiger partial charge in [-0.15, -0.1) is 11.8 Å². The number of rotatable bonds is 11. The molecule has 8 heteroatoms. The minimum Gasteiger partial charge on any atom is -0.496 e. The monoisotopic (exact) mass is 718 g/mol. The fraction of sp³-hybridized carbons (Fsp3) is 0.432. The highest BCUT2D eigenvalue weighted by molar-refractivity contribution is 7.99. The van der Waals surface area contributed by atoms with Crippen LogP contribution in [0.5, 0.6) is 5.75 Å². The van der Waals surface area contributed by atoms with Gasteiger partial charge in [0.05, 0.1) is 25.9 Å². The zero-order valence-electron chi connectivity index (χ0n) is 30.1. The van der Waals surface area contributed by atoms with E-state index in [1.165, 1.54) is 19.3 Å². The van der Waals surface area contributed by atoms with Crippen molar-refractivity contribution >= 4 is 17.8 Å². The highest BCUT2D eigenvalue weighted by Crippen LogP contribution is 2.55. The van der Waals surface area contributed by atoms with E-state index >= 15 is 0 Å². The Morgan fingerprint density at radius 2 is 1.50 bits per heavy atom. The van der Waals surface area contributed by atoms with Gasteiger partial charge in [-0.2, -0.15) is 0 Å². The first-order valence-corrected chi connectivity index (χ1v) is 19.9. The molecule has 1 saturated heterocycles. The molecule has 4 atom stereocenters. The van der Waals surface area contributed by atoms with Gasteiger partial charge in [0.25, 0.3) is 0 Å². The second kappa shape index (κ2) is 15.3. The molecule has 1 aliphatic heterocycles. The van der Waals surface area contributed by atoms with Gasteiger partial charge in [0, 0.05) is 34.2 Å². The second-order valence-electron chi connectivity index (χ2n) is 15.6. The molecule has 5 fully saturated rings. The molecule has 0 aromatic heterocycles. The van der Waals surface area contributed by atoms with Gasteiger partial charge in [-0.1, -0.05) is 91.9 Å². The molecule has 4 unspecified atom stereocenters. The maximum atomic E-state index is 13.3. The largest absolute Gasteiger partial charge is 0.496 e. The highest BCUT2D eigenvalue weighted by atomic mass is 32.2. The third-order valence-corrected chi connectivity index (χ3v) is 13.1. The first-order valence-electron chi connectivity index (χ1n) is 18.9. The summed E-state index contributed by atoms with van der Waals surface area (Å²) >= 11 is 1.73. The van der Waals surface area contributed by atoms with Crippen LogP contribution in [0.3, 0.4) is 0 Å². The predicted molar refractivity (Wildman–Crippen MR) is 205 cm³/mol. The van der Waals surface area contributed by atoms with Gasteiger partial charge in [0.15, 0.2) is 6.29 Å². The summed E-state index contributed by atoms with van der Waals surface area (Å²) in [5, 5.41) is 16.3. The van der Waals surface area contributed by atoms with Crippen LogP contribution in [0.15, 0.2) is 102 Å². The number of nitrogens with one attached hydrogen (secondary N) is 2. The van der Waals surface area contributed by atoms with Gasteiger partial charge in [-0.25, -0.2) is 4.79 Å². The van der Waals surface area contributed by atoms with E-state index in [0.29, 0.717) is 6.54 Å². The number of methoxy groups -OCH3 is 1. The molecule has 4 aromatic carbocycles. The van der Waals surface area contributed by atoms with Crippen LogP contribution in [-0.2, 0) is 22.6 Å². The molecule has 3 N–H and O–H groups in total. The molecule has 4 aromatic rings. The molecule has 0 spiro atoms. The molecule has 4 aliphatic carbocycles. The van der Waals surface area contributed by atoms with Crippen molar-refractivity contribution in [1.29, 1.82) is 0 Å². The smallest absolute Gasteiger partial charge is 0.315 e. The summed E-state index contributed by atoms with van der Waals surface area (Å²) in [6.45, 7) is 2.66. The number of urea groups is 1. The second-order valence-corrected chi connectivity index (χ2v) is 16.6. The zero-order valence-corrected chi connectivity index (χ0v) is 30.9. The third-order valence-electron chi connectivity index (χ3n) is 12.0. The molecule has 1 heterocycles. The molecule has 4 bridgehead atoms. The van der Waals surface area contributed by atoms with Gasteiger partial charge >= 0.3 is 6.03 Å². The van der Waals surface area contributed by atoms with Crippen LogP contribution in [0.25, 0.3) is 11.1 Å². The molecule has 0 radical (unpaired) electrons. The normalized spacial score (nSPS) is 29.1. The first kappa shape index (κ1) is 35.2. The number of para-hydroxylation sites is 1. The lowest BCUT2D eigenvalue weighted by Crippen LogP contribution is -2.61. The number of hydrogen-bond acceptors (Lipinski definition) is 6. The van der Waals surface area contributed by atoms with Crippen molar-refractivity contribution in [2.75, 3.05) is 12.9 Å². The molecule has 2 amide bonds.